The first-order valence-corrected chi connectivity index (χ1v) is 8.01. The van der Waals surface area contributed by atoms with Crippen LogP contribution < -0.4 is 10.1 Å². The molecule has 5 nitrogen and oxygen atoms in total. The molecule has 1 aromatic rings. The highest BCUT2D eigenvalue weighted by molar-refractivity contribution is 5.77. The number of nitrogens with one attached hydrogen (secondary N) is 1. The first-order valence-electron chi connectivity index (χ1n) is 8.01. The molecule has 0 radical (unpaired) electrons. The molecular formula is C17H22F5NO4. The number of amides is 1. The van der Waals surface area contributed by atoms with Crippen molar-refractivity contribution in [3.8, 4) is 5.75 Å². The quantitative estimate of drug-likeness (QED) is 0.653. The molecule has 2 N–H and O–H groups in total. The highest BCUT2D eigenvalue weighted by Crippen LogP contribution is 2.26. The molecule has 0 aromatic heterocycles. The second kappa shape index (κ2) is 9.32. The molecule has 1 aromatic carbocycles. The Morgan fingerprint density at radius 2 is 1.85 bits per heavy atom. The Labute approximate surface area is 153 Å². The highest BCUT2D eigenvalue weighted by atomic mass is 19.4. The zero-order chi connectivity index (χ0) is 20.8. The van der Waals surface area contributed by atoms with E-state index in [4.69, 9.17) is 0 Å². The summed E-state index contributed by atoms with van der Waals surface area (Å²) in [6.07, 6.45) is -6.32. The molecule has 0 aliphatic heterocycles. The third-order valence-electron chi connectivity index (χ3n) is 3.61. The number of aliphatic hydroxyl groups excluding tert-OH is 1. The molecule has 1 amide bonds. The van der Waals surface area contributed by atoms with Gasteiger partial charge in [-0.1, -0.05) is 32.9 Å². The van der Waals surface area contributed by atoms with Crippen LogP contribution in [0, 0.1) is 5.41 Å². The van der Waals surface area contributed by atoms with Gasteiger partial charge in [0.25, 0.3) is 0 Å². The first-order chi connectivity index (χ1) is 12.3. The summed E-state index contributed by atoms with van der Waals surface area (Å²) in [6, 6.07) is 3.62. The number of hydrogen-bond acceptors (Lipinski definition) is 4. The smallest absolute Gasteiger partial charge is 0.435 e. The number of alkyl halides is 5. The molecule has 10 heteroatoms. The largest absolute Gasteiger partial charge is 0.522 e. The fraction of sp³-hybridized carbons (Fsp3) is 0.588. The van der Waals surface area contributed by atoms with Crippen molar-refractivity contribution in [1.29, 1.82) is 0 Å². The predicted molar refractivity (Wildman–Crippen MR) is 86.0 cm³/mol. The van der Waals surface area contributed by atoms with Gasteiger partial charge >= 0.3 is 13.0 Å². The van der Waals surface area contributed by atoms with Crippen LogP contribution in [-0.4, -0.2) is 36.7 Å². The van der Waals surface area contributed by atoms with E-state index in [1.807, 2.05) is 0 Å². The second-order valence-electron chi connectivity index (χ2n) is 6.91. The summed E-state index contributed by atoms with van der Waals surface area (Å²) in [4.78, 5) is 12.1. The van der Waals surface area contributed by atoms with Gasteiger partial charge in [-0.2, -0.15) is 8.78 Å². The lowest BCUT2D eigenvalue weighted by Gasteiger charge is -2.26. The van der Waals surface area contributed by atoms with E-state index in [9.17, 15) is 31.9 Å². The fourth-order valence-electron chi connectivity index (χ4n) is 2.04. The summed E-state index contributed by atoms with van der Waals surface area (Å²) in [5.41, 5.74) is -0.531. The van der Waals surface area contributed by atoms with Crippen LogP contribution in [0.2, 0.25) is 0 Å². The number of halogens is 5. The molecule has 0 spiro atoms. The van der Waals surface area contributed by atoms with E-state index in [1.165, 1.54) is 18.2 Å². The Balaban J connectivity index is 2.95. The lowest BCUT2D eigenvalue weighted by atomic mass is 9.87. The number of hydrogen-bond donors (Lipinski definition) is 2. The third kappa shape index (κ3) is 9.00. The number of carbonyl (C=O) groups excluding carboxylic acids is 1. The summed E-state index contributed by atoms with van der Waals surface area (Å²) < 4.78 is 69.8. The van der Waals surface area contributed by atoms with E-state index in [-0.39, 0.29) is 17.7 Å². The molecule has 154 valence electrons. The first kappa shape index (κ1) is 23.1. The zero-order valence-corrected chi connectivity index (χ0v) is 15.0. The Kier molecular flexibility index (Phi) is 7.97. The average molecular weight is 399 g/mol. The Morgan fingerprint density at radius 3 is 2.37 bits per heavy atom. The van der Waals surface area contributed by atoms with E-state index in [0.717, 1.165) is 6.07 Å². The van der Waals surface area contributed by atoms with Crippen LogP contribution in [-0.2, 0) is 9.53 Å². The summed E-state index contributed by atoms with van der Waals surface area (Å²) in [5, 5.41) is 12.3. The van der Waals surface area contributed by atoms with Crippen LogP contribution in [0.5, 0.6) is 5.75 Å². The van der Waals surface area contributed by atoms with Gasteiger partial charge in [0.05, 0.1) is 25.2 Å². The molecule has 0 saturated carbocycles. The van der Waals surface area contributed by atoms with E-state index >= 15 is 0 Å². The van der Waals surface area contributed by atoms with Gasteiger partial charge in [0.1, 0.15) is 5.75 Å². The molecule has 1 unspecified atom stereocenters. The van der Waals surface area contributed by atoms with Gasteiger partial charge in [-0.15, -0.1) is 13.2 Å². The maximum absolute atomic E-state index is 12.4. The number of carbonyl (C=O) groups is 1. The van der Waals surface area contributed by atoms with E-state index in [1.54, 1.807) is 20.8 Å². The summed E-state index contributed by atoms with van der Waals surface area (Å²) in [5.74, 6) is -0.989. The molecule has 2 atom stereocenters. The summed E-state index contributed by atoms with van der Waals surface area (Å²) in [6.45, 7) is 1.00. The van der Waals surface area contributed by atoms with Gasteiger partial charge in [-0.25, -0.2) is 0 Å². The third-order valence-corrected chi connectivity index (χ3v) is 3.61. The predicted octanol–water partition coefficient (Wildman–Crippen LogP) is 3.78. The fourth-order valence-corrected chi connectivity index (χ4v) is 2.04. The summed E-state index contributed by atoms with van der Waals surface area (Å²) >= 11 is 0. The van der Waals surface area contributed by atoms with E-state index < -0.39 is 43.0 Å². The zero-order valence-electron chi connectivity index (χ0n) is 15.0. The van der Waals surface area contributed by atoms with E-state index in [0.29, 0.717) is 0 Å². The number of benzene rings is 1. The van der Waals surface area contributed by atoms with Crippen LogP contribution in [0.1, 0.15) is 38.8 Å². The van der Waals surface area contributed by atoms with E-state index in [2.05, 4.69) is 14.8 Å². The van der Waals surface area contributed by atoms with Crippen molar-refractivity contribution in [3.63, 3.8) is 0 Å². The second-order valence-corrected chi connectivity index (χ2v) is 6.91. The monoisotopic (exact) mass is 399 g/mol. The molecule has 0 heterocycles. The maximum atomic E-state index is 12.4. The topological polar surface area (TPSA) is 67.8 Å². The van der Waals surface area contributed by atoms with Crippen LogP contribution in [0.3, 0.4) is 0 Å². The van der Waals surface area contributed by atoms with Crippen molar-refractivity contribution in [2.75, 3.05) is 6.61 Å². The SMILES string of the molecule is CC(C)(C)C(O)CC(=O)N[C@@H](COC(F)(F)F)c1cccc(OC(F)F)c1. The molecule has 27 heavy (non-hydrogen) atoms. The van der Waals surface area contributed by atoms with Crippen LogP contribution in [0.15, 0.2) is 24.3 Å². The van der Waals surface area contributed by atoms with Crippen molar-refractivity contribution in [1.82, 2.24) is 5.32 Å². The number of aliphatic hydroxyl groups is 1. The molecule has 0 bridgehead atoms. The van der Waals surface area contributed by atoms with Crippen LogP contribution >= 0.6 is 0 Å². The van der Waals surface area contributed by atoms with Gasteiger partial charge in [-0.05, 0) is 23.1 Å². The molecule has 0 aliphatic rings. The molecule has 0 aliphatic carbocycles. The van der Waals surface area contributed by atoms with Gasteiger partial charge in [0, 0.05) is 0 Å². The average Bonchev–Trinajstić information content (AvgIpc) is 2.49. The summed E-state index contributed by atoms with van der Waals surface area (Å²) in [7, 11) is 0. The van der Waals surface area contributed by atoms with Crippen molar-refractivity contribution in [2.45, 2.75) is 52.3 Å². The lowest BCUT2D eigenvalue weighted by molar-refractivity contribution is -0.326. The number of rotatable bonds is 8. The Bertz CT molecular complexity index is 616. The van der Waals surface area contributed by atoms with Crippen LogP contribution in [0.25, 0.3) is 0 Å². The van der Waals surface area contributed by atoms with Crippen molar-refractivity contribution < 1.29 is 41.3 Å². The Morgan fingerprint density at radius 1 is 1.22 bits per heavy atom. The standard InChI is InChI=1S/C17H22F5NO4/c1-16(2,3)13(24)8-14(25)23-12(9-26-17(20,21)22)10-5-4-6-11(7-10)27-15(18)19/h4-7,12-13,15,24H,8-9H2,1-3H3,(H,23,25)/t12-,13?/m0/s1. The van der Waals surface area contributed by atoms with Crippen molar-refractivity contribution in [3.05, 3.63) is 29.8 Å². The highest BCUT2D eigenvalue weighted by Gasteiger charge is 2.32. The van der Waals surface area contributed by atoms with Gasteiger partial charge in [0.2, 0.25) is 5.91 Å². The molecule has 0 saturated heterocycles. The van der Waals surface area contributed by atoms with Crippen LogP contribution in [0.4, 0.5) is 22.0 Å². The number of ether oxygens (including phenoxy) is 2. The molecular weight excluding hydrogens is 377 g/mol. The minimum Gasteiger partial charge on any atom is -0.435 e. The lowest BCUT2D eigenvalue weighted by Crippen LogP contribution is -2.38. The minimum atomic E-state index is -4.94. The van der Waals surface area contributed by atoms with Gasteiger partial charge in [-0.3, -0.25) is 9.53 Å². The maximum Gasteiger partial charge on any atom is 0.522 e. The minimum absolute atomic E-state index is 0.0796. The van der Waals surface area contributed by atoms with Crippen molar-refractivity contribution >= 4 is 5.91 Å². The van der Waals surface area contributed by atoms with Crippen molar-refractivity contribution in [2.24, 2.45) is 5.41 Å². The molecule has 1 rings (SSSR count). The van der Waals surface area contributed by atoms with Gasteiger partial charge < -0.3 is 15.2 Å². The Hall–Kier alpha value is -1.94. The molecule has 0 fully saturated rings. The normalized spacial score (nSPS) is 14.7. The van der Waals surface area contributed by atoms with Gasteiger partial charge in [0.15, 0.2) is 0 Å².